The van der Waals surface area contributed by atoms with Crippen LogP contribution in [0.5, 0.6) is 11.5 Å². The lowest BCUT2D eigenvalue weighted by Crippen LogP contribution is -2.48. The van der Waals surface area contributed by atoms with Gasteiger partial charge in [0.15, 0.2) is 22.9 Å². The Balaban J connectivity index is 1.34. The summed E-state index contributed by atoms with van der Waals surface area (Å²) in [6.45, 7) is 2.12. The normalized spacial score (nSPS) is 20.3. The van der Waals surface area contributed by atoms with Crippen LogP contribution in [0.2, 0.25) is 0 Å². The van der Waals surface area contributed by atoms with Gasteiger partial charge in [0.2, 0.25) is 5.96 Å². The van der Waals surface area contributed by atoms with Crippen LogP contribution in [0.25, 0.3) is 39.3 Å². The lowest BCUT2D eigenvalue weighted by molar-refractivity contribution is 0.102. The molecule has 1 aliphatic carbocycles. The van der Waals surface area contributed by atoms with E-state index in [0.717, 1.165) is 67.9 Å². The quantitative estimate of drug-likeness (QED) is 0.215. The Kier molecular flexibility index (Phi) is 5.60. The molecule has 5 aromatic carbocycles. The molecule has 0 bridgehead atoms. The fraction of sp³-hybridized carbons (Fsp3) is 0.125. The van der Waals surface area contributed by atoms with Crippen molar-refractivity contribution in [2.75, 3.05) is 7.05 Å². The Morgan fingerprint density at radius 3 is 2.36 bits per heavy atom. The Hall–Kier alpha value is -5.55. The van der Waals surface area contributed by atoms with Crippen molar-refractivity contribution in [2.24, 2.45) is 4.99 Å². The first-order valence-electron chi connectivity index (χ1n) is 15.5. The summed E-state index contributed by atoms with van der Waals surface area (Å²) in [6.07, 6.45) is 5.24. The zero-order valence-electron chi connectivity index (χ0n) is 25.1. The number of para-hydroxylation sites is 1. The third-order valence-electron chi connectivity index (χ3n) is 9.37. The van der Waals surface area contributed by atoms with E-state index in [-0.39, 0.29) is 6.04 Å². The SMILES string of the molecule is CN1C(n2c3ccccc3c3ccc4c(c32)OC2=c3ccccc3=CCC2(C)O4)=NC(c2ccccc2)=CC1c1ccccc1. The van der Waals surface area contributed by atoms with Gasteiger partial charge in [0.25, 0.3) is 0 Å². The van der Waals surface area contributed by atoms with Crippen molar-refractivity contribution in [3.05, 3.63) is 149 Å². The lowest BCUT2D eigenvalue weighted by atomic mass is 9.91. The summed E-state index contributed by atoms with van der Waals surface area (Å²) < 4.78 is 16.2. The van der Waals surface area contributed by atoms with Gasteiger partial charge in [0.1, 0.15) is 5.52 Å². The van der Waals surface area contributed by atoms with Gasteiger partial charge in [-0.25, -0.2) is 4.99 Å². The van der Waals surface area contributed by atoms with Crippen LogP contribution in [-0.4, -0.2) is 28.1 Å². The van der Waals surface area contributed by atoms with Crippen LogP contribution in [0.4, 0.5) is 0 Å². The molecular weight excluding hydrogens is 554 g/mol. The monoisotopic (exact) mass is 585 g/mol. The molecule has 3 aliphatic rings. The van der Waals surface area contributed by atoms with Crippen LogP contribution in [0, 0.1) is 0 Å². The molecule has 0 saturated carbocycles. The topological polar surface area (TPSA) is 39.0 Å². The molecule has 2 aliphatic heterocycles. The Morgan fingerprint density at radius 2 is 1.51 bits per heavy atom. The number of ether oxygens (including phenoxy) is 2. The van der Waals surface area contributed by atoms with Crippen LogP contribution < -0.4 is 19.9 Å². The van der Waals surface area contributed by atoms with Gasteiger partial charge >= 0.3 is 0 Å². The van der Waals surface area contributed by atoms with E-state index in [4.69, 9.17) is 14.5 Å². The minimum atomic E-state index is -0.591. The first-order valence-corrected chi connectivity index (χ1v) is 15.5. The first kappa shape index (κ1) is 25.9. The predicted molar refractivity (Wildman–Crippen MR) is 181 cm³/mol. The van der Waals surface area contributed by atoms with Crippen molar-refractivity contribution >= 4 is 45.3 Å². The van der Waals surface area contributed by atoms with E-state index in [2.05, 4.69) is 151 Å². The average molecular weight is 586 g/mol. The third-order valence-corrected chi connectivity index (χ3v) is 9.37. The van der Waals surface area contributed by atoms with Crippen molar-refractivity contribution in [1.82, 2.24) is 9.47 Å². The highest BCUT2D eigenvalue weighted by Gasteiger charge is 2.41. The minimum Gasteiger partial charge on any atom is -0.475 e. The number of fused-ring (bicyclic) bond motifs is 7. The van der Waals surface area contributed by atoms with Crippen molar-refractivity contribution in [3.8, 4) is 11.5 Å². The van der Waals surface area contributed by atoms with E-state index in [0.29, 0.717) is 0 Å². The largest absolute Gasteiger partial charge is 0.475 e. The average Bonchev–Trinajstić information content (AvgIpc) is 3.43. The van der Waals surface area contributed by atoms with Gasteiger partial charge in [-0.3, -0.25) is 4.57 Å². The molecule has 218 valence electrons. The molecule has 0 radical (unpaired) electrons. The highest BCUT2D eigenvalue weighted by molar-refractivity contribution is 6.17. The molecule has 2 unspecified atom stereocenters. The van der Waals surface area contributed by atoms with E-state index in [1.54, 1.807) is 0 Å². The summed E-state index contributed by atoms with van der Waals surface area (Å²) >= 11 is 0. The highest BCUT2D eigenvalue weighted by atomic mass is 16.6. The van der Waals surface area contributed by atoms with Gasteiger partial charge in [-0.15, -0.1) is 0 Å². The molecule has 0 saturated heterocycles. The van der Waals surface area contributed by atoms with Crippen molar-refractivity contribution in [2.45, 2.75) is 25.0 Å². The Labute approximate surface area is 261 Å². The number of aromatic nitrogens is 1. The number of aliphatic imine (C=N–C) groups is 1. The number of rotatable bonds is 2. The lowest BCUT2D eigenvalue weighted by Gasteiger charge is -2.39. The van der Waals surface area contributed by atoms with Gasteiger partial charge in [0.05, 0.1) is 17.3 Å². The second-order valence-electron chi connectivity index (χ2n) is 12.2. The van der Waals surface area contributed by atoms with Crippen molar-refractivity contribution < 1.29 is 9.47 Å². The molecule has 5 nitrogen and oxygen atoms in total. The van der Waals surface area contributed by atoms with Crippen LogP contribution in [0.1, 0.15) is 30.5 Å². The maximum Gasteiger partial charge on any atom is 0.211 e. The summed E-state index contributed by atoms with van der Waals surface area (Å²) in [5.74, 6) is 3.13. The van der Waals surface area contributed by atoms with E-state index in [1.807, 2.05) is 6.07 Å². The zero-order valence-corrected chi connectivity index (χ0v) is 25.1. The summed E-state index contributed by atoms with van der Waals surface area (Å²) in [7, 11) is 2.13. The molecule has 6 aromatic rings. The fourth-order valence-corrected chi connectivity index (χ4v) is 7.11. The molecule has 3 heterocycles. The number of benzene rings is 5. The number of nitrogens with zero attached hydrogens (tertiary/aromatic N) is 3. The van der Waals surface area contributed by atoms with E-state index in [9.17, 15) is 0 Å². The molecule has 0 amide bonds. The van der Waals surface area contributed by atoms with E-state index < -0.39 is 5.60 Å². The molecule has 2 atom stereocenters. The predicted octanol–water partition coefficient (Wildman–Crippen LogP) is 7.25. The van der Waals surface area contributed by atoms with Crippen molar-refractivity contribution in [1.29, 1.82) is 0 Å². The molecular formula is C40H31N3O2. The van der Waals surface area contributed by atoms with Crippen LogP contribution in [-0.2, 0) is 0 Å². The number of hydrogen-bond acceptors (Lipinski definition) is 4. The molecule has 1 aromatic heterocycles. The van der Waals surface area contributed by atoms with E-state index >= 15 is 0 Å². The summed E-state index contributed by atoms with van der Waals surface area (Å²) in [6, 6.07) is 42.2. The minimum absolute atomic E-state index is 0.0275. The smallest absolute Gasteiger partial charge is 0.211 e. The van der Waals surface area contributed by atoms with Gasteiger partial charge < -0.3 is 14.4 Å². The van der Waals surface area contributed by atoms with Gasteiger partial charge in [-0.05, 0) is 42.0 Å². The highest BCUT2D eigenvalue weighted by Crippen LogP contribution is 2.49. The second kappa shape index (κ2) is 9.73. The number of hydrogen-bond donors (Lipinski definition) is 0. The molecule has 0 fully saturated rings. The molecule has 0 N–H and O–H groups in total. The zero-order chi connectivity index (χ0) is 30.1. The Morgan fingerprint density at radius 1 is 0.778 bits per heavy atom. The van der Waals surface area contributed by atoms with Crippen LogP contribution in [0.3, 0.4) is 0 Å². The summed E-state index contributed by atoms with van der Waals surface area (Å²) in [5, 5.41) is 4.47. The van der Waals surface area contributed by atoms with Crippen molar-refractivity contribution in [3.63, 3.8) is 0 Å². The second-order valence-corrected chi connectivity index (χ2v) is 12.2. The van der Waals surface area contributed by atoms with Gasteiger partial charge in [0, 0.05) is 35.0 Å². The van der Waals surface area contributed by atoms with E-state index in [1.165, 1.54) is 10.8 Å². The maximum atomic E-state index is 7.06. The first-order chi connectivity index (χ1) is 22.1. The third kappa shape index (κ3) is 3.90. The Bertz CT molecular complexity index is 2340. The maximum absolute atomic E-state index is 7.06. The molecule has 9 rings (SSSR count). The molecule has 5 heteroatoms. The number of likely N-dealkylation sites (N-methyl/N-ethyl adjacent to an activating group) is 1. The molecule has 45 heavy (non-hydrogen) atoms. The standard InChI is InChI=1S/C40H31N3O2/c1-40-24-23-26-13-9-10-18-29(26)38(40)44-37-35(45-40)22-21-31-30-19-11-12-20-33(30)43(36(31)37)39-41-32(27-14-5-3-6-15-27)25-34(42(39)2)28-16-7-4-8-17-28/h3-23,25,34H,24H2,1-2H3. The fourth-order valence-electron chi connectivity index (χ4n) is 7.11. The van der Waals surface area contributed by atoms with Crippen LogP contribution >= 0.6 is 0 Å². The summed E-state index contributed by atoms with van der Waals surface area (Å²) in [5.41, 5.74) is 4.63. The van der Waals surface area contributed by atoms with Gasteiger partial charge in [-0.1, -0.05) is 109 Å². The van der Waals surface area contributed by atoms with Gasteiger partial charge in [-0.2, -0.15) is 0 Å². The molecule has 0 spiro atoms. The van der Waals surface area contributed by atoms with Crippen LogP contribution in [0.15, 0.2) is 132 Å². The summed E-state index contributed by atoms with van der Waals surface area (Å²) in [4.78, 5) is 7.65.